The van der Waals surface area contributed by atoms with E-state index in [0.717, 1.165) is 24.3 Å². The first-order valence-electron chi connectivity index (χ1n) is 10.2. The number of carbonyl (C=O) groups excluding carboxylic acids is 3. The summed E-state index contributed by atoms with van der Waals surface area (Å²) in [7, 11) is 0. The molecule has 6 nitrogen and oxygen atoms in total. The molecule has 176 valence electrons. The number of nitriles is 1. The van der Waals surface area contributed by atoms with Crippen LogP contribution in [-0.4, -0.2) is 28.7 Å². The van der Waals surface area contributed by atoms with E-state index in [9.17, 15) is 27.6 Å². The molecule has 2 atom stereocenters. The van der Waals surface area contributed by atoms with Gasteiger partial charge in [0, 0.05) is 5.69 Å². The highest BCUT2D eigenvalue weighted by Crippen LogP contribution is 2.34. The summed E-state index contributed by atoms with van der Waals surface area (Å²) >= 11 is 0. The summed E-state index contributed by atoms with van der Waals surface area (Å²) in [6.45, 7) is 0. The Kier molecular flexibility index (Phi) is 6.09. The van der Waals surface area contributed by atoms with E-state index in [-0.39, 0.29) is 27.9 Å². The first-order chi connectivity index (χ1) is 16.6. The minimum Gasteiger partial charge on any atom is -0.324 e. The molecular formula is C25H15F4N3O3. The van der Waals surface area contributed by atoms with E-state index < -0.39 is 41.7 Å². The van der Waals surface area contributed by atoms with Crippen LogP contribution in [0.15, 0.2) is 72.8 Å². The minimum atomic E-state index is -4.59. The van der Waals surface area contributed by atoms with E-state index in [4.69, 9.17) is 5.26 Å². The van der Waals surface area contributed by atoms with Gasteiger partial charge in [0.25, 0.3) is 17.7 Å². The first-order valence-corrected chi connectivity index (χ1v) is 10.2. The van der Waals surface area contributed by atoms with Crippen LogP contribution in [0.2, 0.25) is 0 Å². The van der Waals surface area contributed by atoms with Gasteiger partial charge in [0.05, 0.1) is 28.3 Å². The molecule has 35 heavy (non-hydrogen) atoms. The fraction of sp³-hybridized carbons (Fsp3) is 0.120. The number of anilines is 1. The van der Waals surface area contributed by atoms with Crippen molar-refractivity contribution in [3.63, 3.8) is 0 Å². The second kappa shape index (κ2) is 9.02. The van der Waals surface area contributed by atoms with Gasteiger partial charge in [-0.15, -0.1) is 0 Å². The van der Waals surface area contributed by atoms with E-state index in [1.807, 2.05) is 6.07 Å². The third kappa shape index (κ3) is 4.48. The summed E-state index contributed by atoms with van der Waals surface area (Å²) in [5.74, 6) is -2.87. The normalized spacial score (nSPS) is 14.8. The molecule has 4 rings (SSSR count). The SMILES string of the molecule is N#Cc1ccc([C@H](F)[C@@H](C(=O)Nc2ccc(C(F)(F)F)cc2)N2C(=O)c3ccccc3C2=O)cc1. The average molecular weight is 481 g/mol. The monoisotopic (exact) mass is 481 g/mol. The van der Waals surface area contributed by atoms with Crippen molar-refractivity contribution in [3.8, 4) is 6.07 Å². The lowest BCUT2D eigenvalue weighted by Crippen LogP contribution is -2.49. The Balaban J connectivity index is 1.70. The predicted molar refractivity (Wildman–Crippen MR) is 116 cm³/mol. The highest BCUT2D eigenvalue weighted by molar-refractivity contribution is 6.23. The van der Waals surface area contributed by atoms with Gasteiger partial charge in [0.15, 0.2) is 12.2 Å². The summed E-state index contributed by atoms with van der Waals surface area (Å²) < 4.78 is 54.3. The number of halogens is 4. The molecule has 3 aromatic carbocycles. The molecule has 0 radical (unpaired) electrons. The Morgan fingerprint density at radius 3 is 1.91 bits per heavy atom. The van der Waals surface area contributed by atoms with E-state index in [2.05, 4.69) is 5.32 Å². The summed E-state index contributed by atoms with van der Waals surface area (Å²) in [4.78, 5) is 39.7. The van der Waals surface area contributed by atoms with Gasteiger partial charge in [0.2, 0.25) is 0 Å². The van der Waals surface area contributed by atoms with Crippen molar-refractivity contribution in [2.45, 2.75) is 18.4 Å². The van der Waals surface area contributed by atoms with Crippen molar-refractivity contribution >= 4 is 23.4 Å². The predicted octanol–water partition coefficient (Wildman–Crippen LogP) is 4.89. The standard InChI is InChI=1S/C25H15F4N3O3/c26-20(15-7-5-14(13-30)6-8-15)21(32-23(34)18-3-1-2-4-19(18)24(32)35)22(33)31-17-11-9-16(10-12-17)25(27,28)29/h1-12,20-21H,(H,31,33)/t20-,21-/m0/s1. The molecule has 0 fully saturated rings. The summed E-state index contributed by atoms with van der Waals surface area (Å²) in [6.07, 6.45) is -6.79. The van der Waals surface area contributed by atoms with Crippen molar-refractivity contribution in [1.82, 2.24) is 4.90 Å². The van der Waals surface area contributed by atoms with Gasteiger partial charge < -0.3 is 5.32 Å². The van der Waals surface area contributed by atoms with Crippen molar-refractivity contribution in [1.29, 1.82) is 5.26 Å². The molecule has 3 aromatic rings. The lowest BCUT2D eigenvalue weighted by Gasteiger charge is -2.28. The number of hydrogen-bond donors (Lipinski definition) is 1. The van der Waals surface area contributed by atoms with Crippen LogP contribution in [0.25, 0.3) is 0 Å². The topological polar surface area (TPSA) is 90.3 Å². The number of hydrogen-bond acceptors (Lipinski definition) is 4. The van der Waals surface area contributed by atoms with Crippen molar-refractivity contribution in [3.05, 3.63) is 101 Å². The molecule has 0 aromatic heterocycles. The Morgan fingerprint density at radius 2 is 1.43 bits per heavy atom. The summed E-state index contributed by atoms with van der Waals surface area (Å²) in [5.41, 5.74) is -0.890. The van der Waals surface area contributed by atoms with Crippen molar-refractivity contribution < 1.29 is 31.9 Å². The molecule has 1 N–H and O–H groups in total. The van der Waals surface area contributed by atoms with E-state index >= 15 is 4.39 Å². The van der Waals surface area contributed by atoms with Crippen LogP contribution in [-0.2, 0) is 11.0 Å². The number of imide groups is 1. The highest BCUT2D eigenvalue weighted by atomic mass is 19.4. The van der Waals surface area contributed by atoms with Crippen molar-refractivity contribution in [2.75, 3.05) is 5.32 Å². The summed E-state index contributed by atoms with van der Waals surface area (Å²) in [6, 6.07) is 14.2. The minimum absolute atomic E-state index is 0.00291. The van der Waals surface area contributed by atoms with Crippen LogP contribution in [0.1, 0.15) is 43.6 Å². The fourth-order valence-electron chi connectivity index (χ4n) is 3.72. The lowest BCUT2D eigenvalue weighted by atomic mass is 10.00. The molecule has 0 aliphatic carbocycles. The third-order valence-corrected chi connectivity index (χ3v) is 5.49. The molecular weight excluding hydrogens is 466 g/mol. The van der Waals surface area contributed by atoms with Crippen LogP contribution in [0, 0.1) is 11.3 Å². The van der Waals surface area contributed by atoms with Crippen LogP contribution in [0.3, 0.4) is 0 Å². The maximum absolute atomic E-state index is 15.8. The number of nitrogens with zero attached hydrogens (tertiary/aromatic N) is 2. The number of fused-ring (bicyclic) bond motifs is 1. The molecule has 1 aliphatic heterocycles. The van der Waals surface area contributed by atoms with Gasteiger partial charge in [-0.05, 0) is 54.1 Å². The zero-order valence-corrected chi connectivity index (χ0v) is 17.7. The van der Waals surface area contributed by atoms with E-state index in [0.29, 0.717) is 4.90 Å². The smallest absolute Gasteiger partial charge is 0.324 e. The number of amides is 3. The van der Waals surface area contributed by atoms with Gasteiger partial charge in [-0.3, -0.25) is 19.3 Å². The Morgan fingerprint density at radius 1 is 0.886 bits per heavy atom. The zero-order valence-electron chi connectivity index (χ0n) is 17.7. The zero-order chi connectivity index (χ0) is 25.3. The molecule has 0 unspecified atom stereocenters. The maximum Gasteiger partial charge on any atom is 0.416 e. The molecule has 3 amide bonds. The second-order valence-electron chi connectivity index (χ2n) is 7.67. The average Bonchev–Trinajstić information content (AvgIpc) is 3.09. The van der Waals surface area contributed by atoms with Gasteiger partial charge in [0.1, 0.15) is 0 Å². The molecule has 0 saturated heterocycles. The number of alkyl halides is 4. The van der Waals surface area contributed by atoms with E-state index in [1.54, 1.807) is 0 Å². The quantitative estimate of drug-likeness (QED) is 0.415. The van der Waals surface area contributed by atoms with Crippen LogP contribution < -0.4 is 5.32 Å². The molecule has 0 saturated carbocycles. The first kappa shape index (κ1) is 23.6. The highest BCUT2D eigenvalue weighted by Gasteiger charge is 2.47. The van der Waals surface area contributed by atoms with Gasteiger partial charge in [-0.25, -0.2) is 4.39 Å². The molecule has 1 heterocycles. The summed E-state index contributed by atoms with van der Waals surface area (Å²) in [5, 5.41) is 11.3. The number of rotatable bonds is 5. The van der Waals surface area contributed by atoms with Gasteiger partial charge >= 0.3 is 6.18 Å². The van der Waals surface area contributed by atoms with Crippen molar-refractivity contribution in [2.24, 2.45) is 0 Å². The lowest BCUT2D eigenvalue weighted by molar-refractivity contribution is -0.137. The number of benzene rings is 3. The van der Waals surface area contributed by atoms with Gasteiger partial charge in [-0.1, -0.05) is 24.3 Å². The Hall–Kier alpha value is -4.52. The third-order valence-electron chi connectivity index (χ3n) is 5.49. The molecule has 0 spiro atoms. The number of nitrogens with one attached hydrogen (secondary N) is 1. The molecule has 0 bridgehead atoms. The maximum atomic E-state index is 15.8. The van der Waals surface area contributed by atoms with E-state index in [1.165, 1.54) is 48.5 Å². The second-order valence-corrected chi connectivity index (χ2v) is 7.67. The van der Waals surface area contributed by atoms with Crippen LogP contribution in [0.4, 0.5) is 23.2 Å². The number of carbonyl (C=O) groups is 3. The Bertz CT molecular complexity index is 1310. The van der Waals surface area contributed by atoms with Crippen LogP contribution >= 0.6 is 0 Å². The van der Waals surface area contributed by atoms with Gasteiger partial charge in [-0.2, -0.15) is 18.4 Å². The largest absolute Gasteiger partial charge is 0.416 e. The Labute approximate surface area is 196 Å². The molecule has 10 heteroatoms. The van der Waals surface area contributed by atoms with Crippen LogP contribution in [0.5, 0.6) is 0 Å². The fourth-order valence-corrected chi connectivity index (χ4v) is 3.72. The molecule has 1 aliphatic rings.